The molecule has 0 aliphatic heterocycles. The van der Waals surface area contributed by atoms with Gasteiger partial charge in [-0.1, -0.05) is 38.5 Å². The predicted molar refractivity (Wildman–Crippen MR) is 83.7 cm³/mol. The van der Waals surface area contributed by atoms with Crippen molar-refractivity contribution in [3.8, 4) is 6.07 Å². The number of likely N-dealkylation sites (N-methyl/N-ethyl adjacent to an activating group) is 2. The molecule has 2 fully saturated rings. The lowest BCUT2D eigenvalue weighted by Gasteiger charge is -2.40. The van der Waals surface area contributed by atoms with Crippen molar-refractivity contribution in [2.75, 3.05) is 20.6 Å². The molecule has 0 aromatic rings. The van der Waals surface area contributed by atoms with Crippen LogP contribution in [0.15, 0.2) is 0 Å². The number of carbonyl (C=O) groups excluding carboxylic acids is 1. The molecule has 0 radical (unpaired) electrons. The highest BCUT2D eigenvalue weighted by Crippen LogP contribution is 2.32. The number of rotatable bonds is 4. The van der Waals surface area contributed by atoms with Crippen LogP contribution in [0.2, 0.25) is 0 Å². The number of carbonyl (C=O) groups is 1. The molecular weight excluding hydrogens is 262 g/mol. The third-order valence-electron chi connectivity index (χ3n) is 5.49. The molecule has 4 heteroatoms. The Labute approximate surface area is 129 Å². The fourth-order valence-corrected chi connectivity index (χ4v) is 3.87. The fraction of sp³-hybridized carbons (Fsp3) is 0.882. The minimum atomic E-state index is -0.553. The Balaban J connectivity index is 1.93. The van der Waals surface area contributed by atoms with E-state index in [1.54, 1.807) is 4.90 Å². The molecular formula is C17H29N3O. The molecule has 21 heavy (non-hydrogen) atoms. The van der Waals surface area contributed by atoms with Gasteiger partial charge in [-0.15, -0.1) is 0 Å². The maximum absolute atomic E-state index is 12.6. The van der Waals surface area contributed by atoms with Crippen molar-refractivity contribution in [2.24, 2.45) is 0 Å². The summed E-state index contributed by atoms with van der Waals surface area (Å²) in [5, 5.41) is 9.59. The summed E-state index contributed by atoms with van der Waals surface area (Å²) in [6, 6.07) is 2.98. The van der Waals surface area contributed by atoms with Crippen LogP contribution in [0.25, 0.3) is 0 Å². The molecule has 0 spiro atoms. The lowest BCUT2D eigenvalue weighted by molar-refractivity contribution is -0.136. The molecule has 0 aromatic heterocycles. The summed E-state index contributed by atoms with van der Waals surface area (Å²) in [5.41, 5.74) is -0.553. The molecule has 1 amide bonds. The van der Waals surface area contributed by atoms with E-state index in [4.69, 9.17) is 0 Å². The molecule has 2 saturated carbocycles. The van der Waals surface area contributed by atoms with Gasteiger partial charge in [-0.25, -0.2) is 0 Å². The van der Waals surface area contributed by atoms with Crippen molar-refractivity contribution < 1.29 is 4.79 Å². The van der Waals surface area contributed by atoms with E-state index in [1.165, 1.54) is 38.5 Å². The second-order valence-electron chi connectivity index (χ2n) is 6.86. The third-order valence-corrected chi connectivity index (χ3v) is 5.49. The summed E-state index contributed by atoms with van der Waals surface area (Å²) >= 11 is 0. The molecule has 0 unspecified atom stereocenters. The Kier molecular flexibility index (Phi) is 5.64. The van der Waals surface area contributed by atoms with Gasteiger partial charge in [-0.05, 0) is 32.7 Å². The predicted octanol–water partition coefficient (Wildman–Crippen LogP) is 2.94. The molecule has 0 aromatic carbocycles. The molecule has 2 rings (SSSR count). The first kappa shape index (κ1) is 16.3. The van der Waals surface area contributed by atoms with Gasteiger partial charge in [0.25, 0.3) is 0 Å². The fourth-order valence-electron chi connectivity index (χ4n) is 3.87. The average Bonchev–Trinajstić information content (AvgIpc) is 2.55. The second kappa shape index (κ2) is 7.26. The smallest absolute Gasteiger partial charge is 0.237 e. The van der Waals surface area contributed by atoms with Crippen molar-refractivity contribution in [3.05, 3.63) is 0 Å². The van der Waals surface area contributed by atoms with Crippen LogP contribution in [0, 0.1) is 11.3 Å². The standard InChI is InChI=1S/C17H29N3O/c1-19(15-9-5-3-6-10-15)13-16(21)20(2)17(14-18)11-7-4-8-12-17/h15H,3-13H2,1-2H3. The minimum absolute atomic E-state index is 0.103. The summed E-state index contributed by atoms with van der Waals surface area (Å²) in [7, 11) is 3.88. The van der Waals surface area contributed by atoms with Crippen molar-refractivity contribution in [3.63, 3.8) is 0 Å². The van der Waals surface area contributed by atoms with E-state index in [9.17, 15) is 10.1 Å². The highest BCUT2D eigenvalue weighted by molar-refractivity contribution is 5.79. The van der Waals surface area contributed by atoms with Gasteiger partial charge in [0.05, 0.1) is 12.6 Å². The Morgan fingerprint density at radius 2 is 1.67 bits per heavy atom. The quantitative estimate of drug-likeness (QED) is 0.800. The minimum Gasteiger partial charge on any atom is -0.326 e. The largest absolute Gasteiger partial charge is 0.326 e. The molecule has 2 aliphatic carbocycles. The normalized spacial score (nSPS) is 22.8. The molecule has 118 valence electrons. The Morgan fingerprint density at radius 1 is 1.10 bits per heavy atom. The Bertz CT molecular complexity index is 389. The third kappa shape index (κ3) is 3.77. The number of nitrogens with zero attached hydrogens (tertiary/aromatic N) is 3. The zero-order valence-electron chi connectivity index (χ0n) is 13.6. The molecule has 0 N–H and O–H groups in total. The summed E-state index contributed by atoms with van der Waals surface area (Å²) in [6.07, 6.45) is 11.3. The van der Waals surface area contributed by atoms with Crippen LogP contribution in [0.3, 0.4) is 0 Å². The van der Waals surface area contributed by atoms with E-state index in [1.807, 2.05) is 7.05 Å². The van der Waals surface area contributed by atoms with Crippen LogP contribution in [-0.2, 0) is 4.79 Å². The molecule has 0 atom stereocenters. The first-order chi connectivity index (χ1) is 10.1. The van der Waals surface area contributed by atoms with Crippen molar-refractivity contribution >= 4 is 5.91 Å². The van der Waals surface area contributed by atoms with E-state index in [0.717, 1.165) is 25.7 Å². The topological polar surface area (TPSA) is 47.3 Å². The van der Waals surface area contributed by atoms with E-state index in [2.05, 4.69) is 18.0 Å². The Morgan fingerprint density at radius 3 is 2.24 bits per heavy atom. The van der Waals surface area contributed by atoms with Crippen LogP contribution in [0.1, 0.15) is 64.2 Å². The first-order valence-corrected chi connectivity index (χ1v) is 8.47. The van der Waals surface area contributed by atoms with Gasteiger partial charge >= 0.3 is 0 Å². The summed E-state index contributed by atoms with van der Waals surface area (Å²) < 4.78 is 0. The number of nitriles is 1. The van der Waals surface area contributed by atoms with Crippen LogP contribution in [-0.4, -0.2) is 47.9 Å². The second-order valence-corrected chi connectivity index (χ2v) is 6.86. The van der Waals surface area contributed by atoms with Crippen LogP contribution in [0.5, 0.6) is 0 Å². The lowest BCUT2D eigenvalue weighted by Crippen LogP contribution is -2.53. The van der Waals surface area contributed by atoms with Crippen molar-refractivity contribution in [1.29, 1.82) is 5.26 Å². The van der Waals surface area contributed by atoms with Gasteiger partial charge in [-0.3, -0.25) is 9.69 Å². The van der Waals surface area contributed by atoms with Gasteiger partial charge in [0.15, 0.2) is 0 Å². The Hall–Kier alpha value is -1.08. The zero-order chi connectivity index (χ0) is 15.3. The highest BCUT2D eigenvalue weighted by Gasteiger charge is 2.39. The molecule has 0 bridgehead atoms. The highest BCUT2D eigenvalue weighted by atomic mass is 16.2. The lowest BCUT2D eigenvalue weighted by atomic mass is 9.81. The van der Waals surface area contributed by atoms with Crippen molar-refractivity contribution in [1.82, 2.24) is 9.80 Å². The van der Waals surface area contributed by atoms with Gasteiger partial charge in [0.1, 0.15) is 5.54 Å². The van der Waals surface area contributed by atoms with Gasteiger partial charge in [0, 0.05) is 13.1 Å². The summed E-state index contributed by atoms with van der Waals surface area (Å²) in [5.74, 6) is 0.103. The zero-order valence-corrected chi connectivity index (χ0v) is 13.6. The number of hydrogen-bond acceptors (Lipinski definition) is 3. The van der Waals surface area contributed by atoms with E-state index < -0.39 is 5.54 Å². The molecule has 4 nitrogen and oxygen atoms in total. The van der Waals surface area contributed by atoms with E-state index in [-0.39, 0.29) is 5.91 Å². The molecule has 2 aliphatic rings. The maximum Gasteiger partial charge on any atom is 0.237 e. The van der Waals surface area contributed by atoms with E-state index in [0.29, 0.717) is 12.6 Å². The SMILES string of the molecule is CN(CC(=O)N(C)C1(C#N)CCCCC1)C1CCCCC1. The molecule has 0 heterocycles. The van der Waals surface area contributed by atoms with Crippen molar-refractivity contribution in [2.45, 2.75) is 75.8 Å². The maximum atomic E-state index is 12.6. The number of hydrogen-bond donors (Lipinski definition) is 0. The van der Waals surface area contributed by atoms with E-state index >= 15 is 0 Å². The van der Waals surface area contributed by atoms with Gasteiger partial charge < -0.3 is 4.90 Å². The summed E-state index contributed by atoms with van der Waals surface area (Å²) in [6.45, 7) is 0.449. The first-order valence-electron chi connectivity index (χ1n) is 8.47. The average molecular weight is 291 g/mol. The number of amides is 1. The molecule has 0 saturated heterocycles. The van der Waals surface area contributed by atoms with Gasteiger partial charge in [0.2, 0.25) is 5.91 Å². The van der Waals surface area contributed by atoms with Crippen LogP contribution >= 0.6 is 0 Å². The monoisotopic (exact) mass is 291 g/mol. The van der Waals surface area contributed by atoms with Crippen LogP contribution in [0.4, 0.5) is 0 Å². The van der Waals surface area contributed by atoms with Crippen LogP contribution < -0.4 is 0 Å². The summed E-state index contributed by atoms with van der Waals surface area (Å²) in [4.78, 5) is 16.5. The van der Waals surface area contributed by atoms with Gasteiger partial charge in [-0.2, -0.15) is 5.26 Å².